The van der Waals surface area contributed by atoms with E-state index in [4.69, 9.17) is 5.26 Å². The predicted octanol–water partition coefficient (Wildman–Crippen LogP) is 3.31. The van der Waals surface area contributed by atoms with Crippen molar-refractivity contribution in [3.05, 3.63) is 64.9 Å². The van der Waals surface area contributed by atoms with Gasteiger partial charge in [0.1, 0.15) is 11.8 Å². The first kappa shape index (κ1) is 18.2. The molecule has 0 aliphatic carbocycles. The number of nitrogens with zero attached hydrogens (tertiary/aromatic N) is 3. The van der Waals surface area contributed by atoms with Crippen LogP contribution in [0.25, 0.3) is 0 Å². The number of aromatic nitrogens is 2. The third kappa shape index (κ3) is 5.82. The molecular formula is C13H7F6N3O. The van der Waals surface area contributed by atoms with Crippen LogP contribution >= 0.6 is 0 Å². The summed E-state index contributed by atoms with van der Waals surface area (Å²) in [6.07, 6.45) is -6.20. The van der Waals surface area contributed by atoms with Crippen molar-refractivity contribution in [3.63, 3.8) is 0 Å². The molecule has 0 radical (unpaired) electrons. The van der Waals surface area contributed by atoms with Crippen molar-refractivity contribution in [1.82, 2.24) is 4.98 Å². The van der Waals surface area contributed by atoms with E-state index in [9.17, 15) is 31.5 Å². The molecule has 0 aromatic carbocycles. The van der Waals surface area contributed by atoms with E-state index in [0.29, 0.717) is 10.8 Å². The maximum absolute atomic E-state index is 12.0. The van der Waals surface area contributed by atoms with Gasteiger partial charge in [-0.2, -0.15) is 36.3 Å². The number of nitriles is 1. The smallest absolute Gasteiger partial charge is 0.416 e. The molecule has 23 heavy (non-hydrogen) atoms. The first-order valence-corrected chi connectivity index (χ1v) is 5.73. The molecule has 0 aliphatic rings. The summed E-state index contributed by atoms with van der Waals surface area (Å²) in [4.78, 5) is 3.41. The van der Waals surface area contributed by atoms with Gasteiger partial charge in [0.25, 0.3) is 0 Å². The molecule has 122 valence electrons. The number of pyridine rings is 2. The minimum atomic E-state index is -4.41. The lowest BCUT2D eigenvalue weighted by molar-refractivity contribution is -0.605. The molecule has 0 N–H and O–H groups in total. The van der Waals surface area contributed by atoms with Gasteiger partial charge < -0.3 is 5.21 Å². The highest BCUT2D eigenvalue weighted by Crippen LogP contribution is 2.29. The van der Waals surface area contributed by atoms with Gasteiger partial charge in [-0.05, 0) is 12.1 Å². The first-order chi connectivity index (χ1) is 10.5. The van der Waals surface area contributed by atoms with Crippen molar-refractivity contribution in [2.45, 2.75) is 12.4 Å². The fourth-order valence-electron chi connectivity index (χ4n) is 1.27. The zero-order valence-corrected chi connectivity index (χ0v) is 11.1. The van der Waals surface area contributed by atoms with Crippen molar-refractivity contribution in [1.29, 1.82) is 5.26 Å². The number of hydrogen-bond donors (Lipinski definition) is 0. The maximum Gasteiger partial charge on any atom is 0.416 e. The van der Waals surface area contributed by atoms with E-state index in [1.165, 1.54) is 6.07 Å². The molecule has 2 heterocycles. The third-order valence-corrected chi connectivity index (χ3v) is 2.33. The van der Waals surface area contributed by atoms with Crippen molar-refractivity contribution < 1.29 is 31.1 Å². The fraction of sp³-hybridized carbons (Fsp3) is 0.154. The van der Waals surface area contributed by atoms with E-state index in [1.54, 1.807) is 0 Å². The molecule has 0 aliphatic heterocycles. The Morgan fingerprint density at radius 1 is 0.957 bits per heavy atom. The molecule has 2 aromatic rings. The van der Waals surface area contributed by atoms with Crippen LogP contribution in [-0.4, -0.2) is 4.98 Å². The van der Waals surface area contributed by atoms with Crippen LogP contribution in [0.15, 0.2) is 42.9 Å². The Hall–Kier alpha value is -2.83. The maximum atomic E-state index is 12.0. The number of rotatable bonds is 0. The lowest BCUT2D eigenvalue weighted by atomic mass is 10.2. The number of alkyl halides is 6. The second-order valence-electron chi connectivity index (χ2n) is 3.98. The van der Waals surface area contributed by atoms with Gasteiger partial charge in [-0.1, -0.05) is 0 Å². The van der Waals surface area contributed by atoms with Crippen LogP contribution in [0.2, 0.25) is 0 Å². The summed E-state index contributed by atoms with van der Waals surface area (Å²) in [7, 11) is 0. The van der Waals surface area contributed by atoms with Gasteiger partial charge in [0.15, 0.2) is 12.4 Å². The van der Waals surface area contributed by atoms with Gasteiger partial charge in [0.2, 0.25) is 0 Å². The van der Waals surface area contributed by atoms with Gasteiger partial charge in [0, 0.05) is 18.3 Å². The second-order valence-corrected chi connectivity index (χ2v) is 3.98. The van der Waals surface area contributed by atoms with Crippen LogP contribution in [0.4, 0.5) is 26.3 Å². The highest BCUT2D eigenvalue weighted by atomic mass is 19.4. The van der Waals surface area contributed by atoms with Gasteiger partial charge >= 0.3 is 12.4 Å². The zero-order chi connectivity index (χ0) is 17.7. The van der Waals surface area contributed by atoms with Crippen LogP contribution < -0.4 is 4.73 Å². The van der Waals surface area contributed by atoms with Gasteiger partial charge in [0.05, 0.1) is 11.1 Å². The monoisotopic (exact) mass is 335 g/mol. The average Bonchev–Trinajstić information content (AvgIpc) is 2.46. The van der Waals surface area contributed by atoms with Crippen molar-refractivity contribution >= 4 is 0 Å². The lowest BCUT2D eigenvalue weighted by Crippen LogP contribution is -2.24. The fourth-order valence-corrected chi connectivity index (χ4v) is 1.27. The minimum absolute atomic E-state index is 0.232. The number of halogens is 6. The lowest BCUT2D eigenvalue weighted by Gasteiger charge is -2.04. The Kier molecular flexibility index (Phi) is 5.51. The quantitative estimate of drug-likeness (QED) is 0.421. The Morgan fingerprint density at radius 2 is 1.48 bits per heavy atom. The molecule has 2 rings (SSSR count). The molecule has 0 spiro atoms. The van der Waals surface area contributed by atoms with Crippen molar-refractivity contribution in [2.75, 3.05) is 0 Å². The van der Waals surface area contributed by atoms with E-state index in [-0.39, 0.29) is 5.69 Å². The Labute approximate surface area is 125 Å². The Morgan fingerprint density at radius 3 is 1.91 bits per heavy atom. The average molecular weight is 335 g/mol. The van der Waals surface area contributed by atoms with Crippen LogP contribution in [0, 0.1) is 16.5 Å². The Balaban J connectivity index is 0.000000231. The van der Waals surface area contributed by atoms with Crippen LogP contribution in [0.1, 0.15) is 16.8 Å². The molecule has 0 saturated carbocycles. The highest BCUT2D eigenvalue weighted by molar-refractivity contribution is 5.27. The molecule has 0 saturated heterocycles. The minimum Gasteiger partial charge on any atom is -0.619 e. The number of hydrogen-bond acceptors (Lipinski definition) is 3. The predicted molar refractivity (Wildman–Crippen MR) is 64.4 cm³/mol. The third-order valence-electron chi connectivity index (χ3n) is 2.33. The molecule has 0 amide bonds. The van der Waals surface area contributed by atoms with Gasteiger partial charge in [-0.15, -0.1) is 0 Å². The summed E-state index contributed by atoms with van der Waals surface area (Å²) in [5.74, 6) is 0. The van der Waals surface area contributed by atoms with Crippen molar-refractivity contribution in [2.24, 2.45) is 0 Å². The summed E-state index contributed by atoms with van der Waals surface area (Å²) in [5.41, 5.74) is -1.90. The summed E-state index contributed by atoms with van der Waals surface area (Å²) in [6, 6.07) is 4.52. The van der Waals surface area contributed by atoms with Gasteiger partial charge in [-0.3, -0.25) is 0 Å². The zero-order valence-electron chi connectivity index (χ0n) is 11.1. The molecule has 0 fully saturated rings. The molecular weight excluding hydrogens is 328 g/mol. The van der Waals surface area contributed by atoms with Crippen molar-refractivity contribution in [3.8, 4) is 6.07 Å². The Bertz CT molecular complexity index is 689. The molecule has 2 aromatic heterocycles. The largest absolute Gasteiger partial charge is 0.619 e. The van der Waals surface area contributed by atoms with E-state index >= 15 is 0 Å². The molecule has 10 heteroatoms. The standard InChI is InChI=1S/C7H3F3N2.C6H4F3NO/c8-7(9,10)5-1-2-12-6(3-5)4-11;7-6(8,9)5-1-3-10(11)4-2-5/h1-3H;1-4H. The molecule has 0 atom stereocenters. The van der Waals surface area contributed by atoms with Crippen LogP contribution in [-0.2, 0) is 12.4 Å². The summed E-state index contributed by atoms with van der Waals surface area (Å²) in [5, 5.41) is 18.5. The second kappa shape index (κ2) is 6.95. The van der Waals surface area contributed by atoms with E-state index in [2.05, 4.69) is 4.98 Å². The van der Waals surface area contributed by atoms with E-state index in [1.807, 2.05) is 0 Å². The van der Waals surface area contributed by atoms with E-state index < -0.39 is 23.5 Å². The first-order valence-electron chi connectivity index (χ1n) is 5.73. The summed E-state index contributed by atoms with van der Waals surface area (Å²) >= 11 is 0. The normalized spacial score (nSPS) is 11.2. The summed E-state index contributed by atoms with van der Waals surface area (Å²) < 4.78 is 71.6. The van der Waals surface area contributed by atoms with Gasteiger partial charge in [-0.25, -0.2) is 4.98 Å². The highest BCUT2D eigenvalue weighted by Gasteiger charge is 2.31. The topological polar surface area (TPSA) is 63.6 Å². The van der Waals surface area contributed by atoms with Crippen LogP contribution in [0.5, 0.6) is 0 Å². The SMILES string of the molecule is N#Cc1cc(C(F)(F)F)ccn1.[O-][n+]1ccc(C(F)(F)F)cc1. The summed E-state index contributed by atoms with van der Waals surface area (Å²) in [6.45, 7) is 0. The molecule has 0 bridgehead atoms. The molecule has 4 nitrogen and oxygen atoms in total. The van der Waals surface area contributed by atoms with Crippen LogP contribution in [0.3, 0.4) is 0 Å². The van der Waals surface area contributed by atoms with E-state index in [0.717, 1.165) is 36.8 Å². The molecule has 0 unspecified atom stereocenters.